The van der Waals surface area contributed by atoms with Crippen LogP contribution in [-0.2, 0) is 4.79 Å². The number of likely N-dealkylation sites (tertiary alicyclic amines) is 1. The third kappa shape index (κ3) is 3.62. The Morgan fingerprint density at radius 3 is 2.79 bits per heavy atom. The predicted molar refractivity (Wildman–Crippen MR) is 75.1 cm³/mol. The van der Waals surface area contributed by atoms with Gasteiger partial charge in [-0.25, -0.2) is 0 Å². The third-order valence-electron chi connectivity index (χ3n) is 3.22. The second-order valence-electron chi connectivity index (χ2n) is 4.57. The van der Waals surface area contributed by atoms with Gasteiger partial charge in [-0.3, -0.25) is 4.79 Å². The fourth-order valence-electron chi connectivity index (χ4n) is 2.15. The van der Waals surface area contributed by atoms with Crippen molar-refractivity contribution < 1.29 is 4.79 Å². The van der Waals surface area contributed by atoms with E-state index in [-0.39, 0.29) is 5.91 Å². The van der Waals surface area contributed by atoms with Crippen LogP contribution in [0, 0.1) is 11.3 Å². The molecule has 1 aromatic rings. The fraction of sp³-hybridized carbons (Fsp3) is 0.429. The normalized spacial score (nSPS) is 14.2. The van der Waals surface area contributed by atoms with E-state index in [0.717, 1.165) is 31.6 Å². The Labute approximate surface area is 118 Å². The minimum atomic E-state index is 0.199. The van der Waals surface area contributed by atoms with Gasteiger partial charge in [0.1, 0.15) is 6.07 Å². The van der Waals surface area contributed by atoms with Gasteiger partial charge in [0, 0.05) is 31.7 Å². The average molecular weight is 278 g/mol. The van der Waals surface area contributed by atoms with Gasteiger partial charge in [-0.15, -0.1) is 0 Å². The zero-order valence-electron chi connectivity index (χ0n) is 10.7. The van der Waals surface area contributed by atoms with Gasteiger partial charge in [-0.1, -0.05) is 11.6 Å². The molecular formula is C14H16ClN3O. The first-order chi connectivity index (χ1) is 9.20. The summed E-state index contributed by atoms with van der Waals surface area (Å²) < 4.78 is 0. The molecular weight excluding hydrogens is 262 g/mol. The number of anilines is 1. The van der Waals surface area contributed by atoms with Crippen LogP contribution in [0.3, 0.4) is 0 Å². The number of rotatable bonds is 4. The predicted octanol–water partition coefficient (Wildman–Crippen LogP) is 2.64. The highest BCUT2D eigenvalue weighted by Gasteiger charge is 2.16. The molecule has 0 bridgehead atoms. The van der Waals surface area contributed by atoms with Crippen LogP contribution >= 0.6 is 11.6 Å². The average Bonchev–Trinajstić information content (AvgIpc) is 2.93. The number of hydrogen-bond donors (Lipinski definition) is 1. The van der Waals surface area contributed by atoms with Gasteiger partial charge in [-0.05, 0) is 31.0 Å². The lowest BCUT2D eigenvalue weighted by molar-refractivity contribution is -0.129. The van der Waals surface area contributed by atoms with Gasteiger partial charge in [0.25, 0.3) is 0 Å². The molecule has 0 aliphatic carbocycles. The summed E-state index contributed by atoms with van der Waals surface area (Å²) in [6.45, 7) is 2.36. The van der Waals surface area contributed by atoms with E-state index >= 15 is 0 Å². The molecule has 4 nitrogen and oxygen atoms in total. The number of benzene rings is 1. The molecule has 19 heavy (non-hydrogen) atoms. The number of nitriles is 1. The van der Waals surface area contributed by atoms with Crippen molar-refractivity contribution in [2.45, 2.75) is 19.3 Å². The number of carbonyl (C=O) groups excluding carboxylic acids is 1. The summed E-state index contributed by atoms with van der Waals surface area (Å²) in [4.78, 5) is 13.7. The van der Waals surface area contributed by atoms with Gasteiger partial charge in [-0.2, -0.15) is 5.26 Å². The van der Waals surface area contributed by atoms with E-state index in [1.54, 1.807) is 18.2 Å². The summed E-state index contributed by atoms with van der Waals surface area (Å²) in [6, 6.07) is 7.19. The van der Waals surface area contributed by atoms with Gasteiger partial charge < -0.3 is 10.2 Å². The monoisotopic (exact) mass is 277 g/mol. The summed E-state index contributed by atoms with van der Waals surface area (Å²) in [5, 5.41) is 12.4. The maximum Gasteiger partial charge on any atom is 0.224 e. The van der Waals surface area contributed by atoms with Crippen LogP contribution in [0.25, 0.3) is 0 Å². The standard InChI is InChI=1S/C14H16ClN3O/c15-13-9-12(4-3-11(13)10-16)17-6-5-14(19)18-7-1-2-8-18/h3-4,9,17H,1-2,5-8H2. The van der Waals surface area contributed by atoms with Crippen molar-refractivity contribution in [1.29, 1.82) is 5.26 Å². The molecule has 0 spiro atoms. The molecule has 100 valence electrons. The molecule has 2 rings (SSSR count). The molecule has 0 radical (unpaired) electrons. The minimum Gasteiger partial charge on any atom is -0.384 e. The first-order valence-electron chi connectivity index (χ1n) is 6.42. The molecule has 1 aliphatic heterocycles. The molecule has 1 N–H and O–H groups in total. The van der Waals surface area contributed by atoms with Crippen LogP contribution in [0.15, 0.2) is 18.2 Å². The fourth-order valence-corrected chi connectivity index (χ4v) is 2.38. The lowest BCUT2D eigenvalue weighted by atomic mass is 10.2. The summed E-state index contributed by atoms with van der Waals surface area (Å²) in [6.07, 6.45) is 2.71. The smallest absolute Gasteiger partial charge is 0.224 e. The van der Waals surface area contributed by atoms with Gasteiger partial charge in [0.15, 0.2) is 0 Å². The van der Waals surface area contributed by atoms with Crippen LogP contribution in [0.4, 0.5) is 5.69 Å². The molecule has 1 heterocycles. The number of carbonyl (C=O) groups is 1. The lowest BCUT2D eigenvalue weighted by Crippen LogP contribution is -2.29. The molecule has 5 heteroatoms. The zero-order chi connectivity index (χ0) is 13.7. The molecule has 1 aromatic carbocycles. The minimum absolute atomic E-state index is 0.199. The number of nitrogens with zero attached hydrogens (tertiary/aromatic N) is 2. The Hall–Kier alpha value is -1.73. The number of halogens is 1. The van der Waals surface area contributed by atoms with E-state index < -0.39 is 0 Å². The van der Waals surface area contributed by atoms with E-state index in [4.69, 9.17) is 16.9 Å². The van der Waals surface area contributed by atoms with Crippen LogP contribution in [-0.4, -0.2) is 30.4 Å². The van der Waals surface area contributed by atoms with E-state index in [9.17, 15) is 4.79 Å². The highest BCUT2D eigenvalue weighted by molar-refractivity contribution is 6.32. The van der Waals surface area contributed by atoms with Gasteiger partial charge in [0.2, 0.25) is 5.91 Å². The molecule has 0 aromatic heterocycles. The number of nitrogens with one attached hydrogen (secondary N) is 1. The topological polar surface area (TPSA) is 56.1 Å². The van der Waals surface area contributed by atoms with Crippen molar-refractivity contribution in [2.24, 2.45) is 0 Å². The van der Waals surface area contributed by atoms with Crippen molar-refractivity contribution in [1.82, 2.24) is 4.90 Å². The SMILES string of the molecule is N#Cc1ccc(NCCC(=O)N2CCCC2)cc1Cl. The lowest BCUT2D eigenvalue weighted by Gasteiger charge is -2.15. The Morgan fingerprint density at radius 2 is 2.16 bits per heavy atom. The number of amides is 1. The molecule has 0 unspecified atom stereocenters. The maximum absolute atomic E-state index is 11.8. The summed E-state index contributed by atoms with van der Waals surface area (Å²) >= 11 is 5.94. The maximum atomic E-state index is 11.8. The van der Waals surface area contributed by atoms with E-state index in [1.807, 2.05) is 11.0 Å². The third-order valence-corrected chi connectivity index (χ3v) is 3.53. The Bertz CT molecular complexity index is 504. The van der Waals surface area contributed by atoms with Crippen molar-refractivity contribution in [2.75, 3.05) is 25.0 Å². The van der Waals surface area contributed by atoms with Crippen molar-refractivity contribution >= 4 is 23.2 Å². The first kappa shape index (κ1) is 13.7. The van der Waals surface area contributed by atoms with Gasteiger partial charge >= 0.3 is 0 Å². The summed E-state index contributed by atoms with van der Waals surface area (Å²) in [5.41, 5.74) is 1.29. The van der Waals surface area contributed by atoms with E-state index in [1.165, 1.54) is 0 Å². The quantitative estimate of drug-likeness (QED) is 0.920. The Kier molecular flexibility index (Phi) is 4.64. The molecule has 1 amide bonds. The first-order valence-corrected chi connectivity index (χ1v) is 6.80. The van der Waals surface area contributed by atoms with E-state index in [2.05, 4.69) is 5.32 Å². The highest BCUT2D eigenvalue weighted by atomic mass is 35.5. The molecule has 1 fully saturated rings. The van der Waals surface area contributed by atoms with Crippen LogP contribution in [0.1, 0.15) is 24.8 Å². The Balaban J connectivity index is 1.81. The van der Waals surface area contributed by atoms with Crippen LogP contribution in [0.5, 0.6) is 0 Å². The molecule has 0 saturated carbocycles. The zero-order valence-corrected chi connectivity index (χ0v) is 11.4. The summed E-state index contributed by atoms with van der Waals surface area (Å²) in [7, 11) is 0. The second kappa shape index (κ2) is 6.44. The van der Waals surface area contributed by atoms with Crippen molar-refractivity contribution in [3.63, 3.8) is 0 Å². The summed E-state index contributed by atoms with van der Waals surface area (Å²) in [5.74, 6) is 0.199. The molecule has 1 aliphatic rings. The Morgan fingerprint density at radius 1 is 1.42 bits per heavy atom. The van der Waals surface area contributed by atoms with E-state index in [0.29, 0.717) is 23.6 Å². The molecule has 1 saturated heterocycles. The largest absolute Gasteiger partial charge is 0.384 e. The van der Waals surface area contributed by atoms with Crippen LogP contribution in [0.2, 0.25) is 5.02 Å². The molecule has 0 atom stereocenters. The second-order valence-corrected chi connectivity index (χ2v) is 4.98. The highest BCUT2D eigenvalue weighted by Crippen LogP contribution is 2.20. The number of hydrogen-bond acceptors (Lipinski definition) is 3. The van der Waals surface area contributed by atoms with Crippen molar-refractivity contribution in [3.8, 4) is 6.07 Å². The van der Waals surface area contributed by atoms with Gasteiger partial charge in [0.05, 0.1) is 10.6 Å². The van der Waals surface area contributed by atoms with Crippen LogP contribution < -0.4 is 5.32 Å². The van der Waals surface area contributed by atoms with Crippen molar-refractivity contribution in [3.05, 3.63) is 28.8 Å².